The first-order chi connectivity index (χ1) is 15.0. The molecule has 0 unspecified atom stereocenters. The molecule has 0 amide bonds. The highest BCUT2D eigenvalue weighted by molar-refractivity contribution is 7.99. The van der Waals surface area contributed by atoms with Crippen molar-refractivity contribution >= 4 is 52.8 Å². The molecule has 2 aromatic carbocycles. The molecule has 2 aliphatic rings. The standard InChI is InChI=1S/C25H22Cl2O3S/c1-2-30-24(29)22-12-11-21(17-5-9-20(27)10-6-17)25(22)15-31-14-18(23(25)28)13-16-3-7-19(26)8-4-16/h3-10,12-13,21H,2,11,14-15H2,1H3/b18-13+/t21-,25+/m1/s1. The van der Waals surface area contributed by atoms with Crippen LogP contribution < -0.4 is 0 Å². The number of allylic oxidation sites excluding steroid dienone is 1. The molecule has 1 saturated heterocycles. The third-order valence-electron chi connectivity index (χ3n) is 5.90. The van der Waals surface area contributed by atoms with Crippen LogP contribution in [-0.2, 0) is 14.3 Å². The molecule has 2 atom stereocenters. The van der Waals surface area contributed by atoms with Gasteiger partial charge in [0.05, 0.1) is 12.0 Å². The molecule has 0 N–H and O–H groups in total. The number of hydrogen-bond acceptors (Lipinski definition) is 4. The van der Waals surface area contributed by atoms with E-state index in [9.17, 15) is 9.59 Å². The predicted octanol–water partition coefficient (Wildman–Crippen LogP) is 6.36. The van der Waals surface area contributed by atoms with E-state index in [2.05, 4.69) is 0 Å². The van der Waals surface area contributed by atoms with Gasteiger partial charge >= 0.3 is 5.97 Å². The highest BCUT2D eigenvalue weighted by Crippen LogP contribution is 2.56. The van der Waals surface area contributed by atoms with Gasteiger partial charge in [0.25, 0.3) is 0 Å². The Bertz CT molecular complexity index is 1060. The van der Waals surface area contributed by atoms with Crippen molar-refractivity contribution in [3.8, 4) is 0 Å². The van der Waals surface area contributed by atoms with Crippen LogP contribution in [0, 0.1) is 5.41 Å². The monoisotopic (exact) mass is 472 g/mol. The molecule has 6 heteroatoms. The van der Waals surface area contributed by atoms with E-state index in [0.29, 0.717) is 39.1 Å². The maximum absolute atomic E-state index is 14.0. The van der Waals surface area contributed by atoms with E-state index < -0.39 is 11.4 Å². The first kappa shape index (κ1) is 22.2. The summed E-state index contributed by atoms with van der Waals surface area (Å²) in [5.74, 6) is 0.602. The number of ketones is 1. The molecule has 1 heterocycles. The Morgan fingerprint density at radius 1 is 1.13 bits per heavy atom. The number of benzene rings is 2. The zero-order chi connectivity index (χ0) is 22.0. The van der Waals surface area contributed by atoms with Crippen molar-refractivity contribution in [2.45, 2.75) is 19.3 Å². The molecule has 0 radical (unpaired) electrons. The molecule has 0 bridgehead atoms. The van der Waals surface area contributed by atoms with E-state index >= 15 is 0 Å². The maximum atomic E-state index is 14.0. The lowest BCUT2D eigenvalue weighted by molar-refractivity contribution is -0.141. The fraction of sp³-hybridized carbons (Fsp3) is 0.280. The second-order valence-electron chi connectivity index (χ2n) is 7.69. The molecule has 0 saturated carbocycles. The van der Waals surface area contributed by atoms with Crippen LogP contribution in [0.3, 0.4) is 0 Å². The number of ether oxygens (including phenoxy) is 1. The minimum atomic E-state index is -0.943. The van der Waals surface area contributed by atoms with E-state index in [4.69, 9.17) is 27.9 Å². The van der Waals surface area contributed by atoms with Gasteiger partial charge in [0.15, 0.2) is 5.78 Å². The molecular weight excluding hydrogens is 451 g/mol. The van der Waals surface area contributed by atoms with E-state index in [1.165, 1.54) is 0 Å². The third-order valence-corrected chi connectivity index (χ3v) is 7.57. The number of carbonyl (C=O) groups excluding carboxylic acids is 2. The molecule has 1 fully saturated rings. The smallest absolute Gasteiger partial charge is 0.334 e. The zero-order valence-corrected chi connectivity index (χ0v) is 19.4. The zero-order valence-electron chi connectivity index (χ0n) is 17.1. The number of halogens is 2. The molecule has 160 valence electrons. The Morgan fingerprint density at radius 3 is 2.42 bits per heavy atom. The van der Waals surface area contributed by atoms with Crippen molar-refractivity contribution in [1.29, 1.82) is 0 Å². The Labute approximate surface area is 196 Å². The fourth-order valence-corrected chi connectivity index (χ4v) is 6.06. The van der Waals surface area contributed by atoms with Gasteiger partial charge in [-0.2, -0.15) is 11.8 Å². The lowest BCUT2D eigenvalue weighted by Gasteiger charge is -2.40. The number of Topliss-reactive ketones (excluding diaryl/α,β-unsaturated/α-hetero) is 1. The molecular formula is C25H22Cl2O3S. The fourth-order valence-electron chi connectivity index (χ4n) is 4.46. The first-order valence-corrected chi connectivity index (χ1v) is 12.1. The summed E-state index contributed by atoms with van der Waals surface area (Å²) in [6, 6.07) is 15.0. The Kier molecular flexibility index (Phi) is 6.61. The van der Waals surface area contributed by atoms with Crippen molar-refractivity contribution < 1.29 is 14.3 Å². The van der Waals surface area contributed by atoms with Gasteiger partial charge in [0.2, 0.25) is 0 Å². The molecule has 1 aliphatic heterocycles. The molecule has 4 rings (SSSR count). The largest absolute Gasteiger partial charge is 0.463 e. The van der Waals surface area contributed by atoms with Crippen LogP contribution in [0.25, 0.3) is 6.08 Å². The van der Waals surface area contributed by atoms with E-state index in [1.807, 2.05) is 48.6 Å². The number of esters is 1. The van der Waals surface area contributed by atoms with Crippen molar-refractivity contribution in [3.63, 3.8) is 0 Å². The van der Waals surface area contributed by atoms with Gasteiger partial charge in [-0.05, 0) is 54.8 Å². The highest BCUT2D eigenvalue weighted by atomic mass is 35.5. The topological polar surface area (TPSA) is 43.4 Å². The summed E-state index contributed by atoms with van der Waals surface area (Å²) in [6.07, 6.45) is 4.41. The predicted molar refractivity (Wildman–Crippen MR) is 128 cm³/mol. The first-order valence-electron chi connectivity index (χ1n) is 10.2. The lowest BCUT2D eigenvalue weighted by Crippen LogP contribution is -2.45. The van der Waals surface area contributed by atoms with Gasteiger partial charge in [0.1, 0.15) is 0 Å². The number of rotatable bonds is 4. The van der Waals surface area contributed by atoms with Crippen LogP contribution >= 0.6 is 35.0 Å². The number of carbonyl (C=O) groups is 2. The van der Waals surface area contributed by atoms with Crippen LogP contribution in [0.5, 0.6) is 0 Å². The normalized spacial score (nSPS) is 24.5. The molecule has 1 spiro atoms. The van der Waals surface area contributed by atoms with Crippen LogP contribution in [0.1, 0.15) is 30.4 Å². The minimum Gasteiger partial charge on any atom is -0.463 e. The quantitative estimate of drug-likeness (QED) is 0.383. The maximum Gasteiger partial charge on any atom is 0.334 e. The summed E-state index contributed by atoms with van der Waals surface area (Å²) in [5.41, 5.74) is 2.15. The lowest BCUT2D eigenvalue weighted by atomic mass is 9.67. The second-order valence-corrected chi connectivity index (χ2v) is 9.55. The molecule has 1 aliphatic carbocycles. The molecule has 2 aromatic rings. The summed E-state index contributed by atoms with van der Waals surface area (Å²) >= 11 is 13.8. The Hall–Kier alpha value is -2.01. The van der Waals surface area contributed by atoms with Gasteiger partial charge in [-0.25, -0.2) is 4.79 Å². The van der Waals surface area contributed by atoms with Gasteiger partial charge in [-0.3, -0.25) is 4.79 Å². The van der Waals surface area contributed by atoms with Crippen molar-refractivity contribution in [3.05, 3.63) is 86.9 Å². The molecule has 0 aromatic heterocycles. The third kappa shape index (κ3) is 4.21. The number of hydrogen-bond donors (Lipinski definition) is 0. The molecule has 31 heavy (non-hydrogen) atoms. The summed E-state index contributed by atoms with van der Waals surface area (Å²) in [4.78, 5) is 26.9. The van der Waals surface area contributed by atoms with Gasteiger partial charge < -0.3 is 4.74 Å². The summed E-state index contributed by atoms with van der Waals surface area (Å²) in [7, 11) is 0. The summed E-state index contributed by atoms with van der Waals surface area (Å²) in [6.45, 7) is 2.05. The average Bonchev–Trinajstić information content (AvgIpc) is 3.13. The van der Waals surface area contributed by atoms with Crippen LogP contribution in [0.15, 0.2) is 65.8 Å². The highest BCUT2D eigenvalue weighted by Gasteiger charge is 2.56. The average molecular weight is 473 g/mol. The Morgan fingerprint density at radius 2 is 1.77 bits per heavy atom. The Balaban J connectivity index is 1.78. The summed E-state index contributed by atoms with van der Waals surface area (Å²) < 4.78 is 5.35. The van der Waals surface area contributed by atoms with Gasteiger partial charge in [0, 0.05) is 38.6 Å². The van der Waals surface area contributed by atoms with E-state index in [1.54, 1.807) is 30.8 Å². The van der Waals surface area contributed by atoms with Crippen LogP contribution in [0.4, 0.5) is 0 Å². The van der Waals surface area contributed by atoms with Crippen LogP contribution in [0.2, 0.25) is 10.0 Å². The van der Waals surface area contributed by atoms with Crippen molar-refractivity contribution in [2.75, 3.05) is 18.1 Å². The SMILES string of the molecule is CCOC(=O)C1=CC[C@H](c2ccc(Cl)cc2)[C@@]12CSC/C(=C\c1ccc(Cl)cc1)C2=O. The second kappa shape index (κ2) is 9.23. The van der Waals surface area contributed by atoms with Crippen molar-refractivity contribution in [2.24, 2.45) is 5.41 Å². The van der Waals surface area contributed by atoms with Crippen LogP contribution in [-0.4, -0.2) is 29.9 Å². The van der Waals surface area contributed by atoms with E-state index in [-0.39, 0.29) is 18.3 Å². The number of thioether (sulfide) groups is 1. The van der Waals surface area contributed by atoms with E-state index in [0.717, 1.165) is 11.1 Å². The summed E-state index contributed by atoms with van der Waals surface area (Å²) in [5, 5.41) is 1.29. The minimum absolute atomic E-state index is 0.00190. The molecule has 3 nitrogen and oxygen atoms in total. The van der Waals surface area contributed by atoms with Gasteiger partial charge in [-0.15, -0.1) is 0 Å². The van der Waals surface area contributed by atoms with Gasteiger partial charge in [-0.1, -0.05) is 53.5 Å². The van der Waals surface area contributed by atoms with Crippen molar-refractivity contribution in [1.82, 2.24) is 0 Å².